The average Bonchev–Trinajstić information content (AvgIpc) is 2.40. The Morgan fingerprint density at radius 1 is 1.79 bits per heavy atom. The van der Waals surface area contributed by atoms with Gasteiger partial charge in [0.05, 0.1) is 12.6 Å². The van der Waals surface area contributed by atoms with Crippen LogP contribution < -0.4 is 5.73 Å². The highest BCUT2D eigenvalue weighted by molar-refractivity contribution is 5.71. The first-order chi connectivity index (χ1) is 6.48. The minimum Gasteiger partial charge on any atom is -0.365 e. The van der Waals surface area contributed by atoms with Gasteiger partial charge in [0, 0.05) is 6.42 Å². The molecule has 0 aromatic heterocycles. The fourth-order valence-electron chi connectivity index (χ4n) is 1.16. The molecule has 0 aromatic carbocycles. The molecule has 1 unspecified atom stereocenters. The van der Waals surface area contributed by atoms with Crippen molar-refractivity contribution in [2.24, 2.45) is 5.73 Å². The second-order valence-electron chi connectivity index (χ2n) is 2.95. The molecule has 1 aliphatic heterocycles. The molecular weight excluding hydrogens is 196 g/mol. The van der Waals surface area contributed by atoms with Gasteiger partial charge in [0.2, 0.25) is 0 Å². The zero-order chi connectivity index (χ0) is 10.8. The van der Waals surface area contributed by atoms with E-state index in [0.29, 0.717) is 5.06 Å². The zero-order valence-electron chi connectivity index (χ0n) is 7.24. The van der Waals surface area contributed by atoms with Crippen LogP contribution in [0.5, 0.6) is 0 Å². The monoisotopic (exact) mass is 205 g/mol. The van der Waals surface area contributed by atoms with Crippen LogP contribution in [0.2, 0.25) is 0 Å². The number of alkyl halides is 2. The van der Waals surface area contributed by atoms with Crippen molar-refractivity contribution in [3.8, 4) is 6.07 Å². The van der Waals surface area contributed by atoms with Crippen LogP contribution in [0.1, 0.15) is 6.42 Å². The number of nitrogens with two attached hydrogens (primary N) is 1. The largest absolute Gasteiger partial charge is 0.365 e. The molecule has 0 amide bonds. The second-order valence-corrected chi connectivity index (χ2v) is 2.95. The first-order valence-electron chi connectivity index (χ1n) is 3.93. The summed E-state index contributed by atoms with van der Waals surface area (Å²) in [4.78, 5) is 15.2. The number of carbonyl (C=O) groups is 1. The minimum absolute atomic E-state index is 0.403. The molecule has 1 fully saturated rings. The first kappa shape index (κ1) is 10.8. The predicted octanol–water partition coefficient (Wildman–Crippen LogP) is -0.364. The Morgan fingerprint density at radius 3 is 2.93 bits per heavy atom. The van der Waals surface area contributed by atoms with Gasteiger partial charge < -0.3 is 10.6 Å². The molecule has 0 aliphatic carbocycles. The quantitative estimate of drug-likeness (QED) is 0.665. The third kappa shape index (κ3) is 2.37. The van der Waals surface area contributed by atoms with E-state index in [9.17, 15) is 13.6 Å². The van der Waals surface area contributed by atoms with E-state index < -0.39 is 37.4 Å². The van der Waals surface area contributed by atoms with Crippen molar-refractivity contribution in [1.29, 1.82) is 5.26 Å². The Kier molecular flexibility index (Phi) is 2.98. The molecule has 1 rings (SSSR count). The zero-order valence-corrected chi connectivity index (χ0v) is 7.24. The van der Waals surface area contributed by atoms with Gasteiger partial charge in [-0.2, -0.15) is 5.26 Å². The molecule has 5 nitrogen and oxygen atoms in total. The molecular formula is C7H9F2N3O2. The van der Waals surface area contributed by atoms with Crippen LogP contribution in [0.3, 0.4) is 0 Å². The molecule has 1 heterocycles. The lowest BCUT2D eigenvalue weighted by molar-refractivity contribution is -0.192. The summed E-state index contributed by atoms with van der Waals surface area (Å²) in [6, 6.07) is 0.530. The molecule has 2 N–H and O–H groups in total. The number of hydrogen-bond acceptors (Lipinski definition) is 5. The van der Waals surface area contributed by atoms with Crippen molar-refractivity contribution >= 4 is 5.97 Å². The molecule has 0 radical (unpaired) electrons. The van der Waals surface area contributed by atoms with Gasteiger partial charge in [-0.05, 0) is 0 Å². The molecule has 1 atom stereocenters. The van der Waals surface area contributed by atoms with E-state index in [2.05, 4.69) is 4.84 Å². The highest BCUT2D eigenvalue weighted by Gasteiger charge is 2.47. The van der Waals surface area contributed by atoms with Crippen LogP contribution in [0, 0.1) is 11.3 Å². The molecule has 7 heteroatoms. The van der Waals surface area contributed by atoms with E-state index in [0.717, 1.165) is 0 Å². The third-order valence-electron chi connectivity index (χ3n) is 1.76. The van der Waals surface area contributed by atoms with Crippen molar-refractivity contribution in [1.82, 2.24) is 5.06 Å². The van der Waals surface area contributed by atoms with E-state index in [1.54, 1.807) is 6.07 Å². The summed E-state index contributed by atoms with van der Waals surface area (Å²) in [5, 5.41) is 9.18. The van der Waals surface area contributed by atoms with Crippen molar-refractivity contribution in [3.05, 3.63) is 0 Å². The van der Waals surface area contributed by atoms with Crippen LogP contribution in [0.15, 0.2) is 0 Å². The van der Waals surface area contributed by atoms with Gasteiger partial charge in [-0.1, -0.05) is 0 Å². The van der Waals surface area contributed by atoms with Crippen molar-refractivity contribution in [3.63, 3.8) is 0 Å². The molecule has 0 spiro atoms. The number of nitriles is 1. The smallest absolute Gasteiger partial charge is 0.338 e. The molecule has 0 aromatic rings. The Labute approximate surface area is 79.0 Å². The number of halogens is 2. The molecule has 1 saturated heterocycles. The normalized spacial score (nSPS) is 25.7. The third-order valence-corrected chi connectivity index (χ3v) is 1.76. The van der Waals surface area contributed by atoms with E-state index >= 15 is 0 Å². The van der Waals surface area contributed by atoms with Crippen molar-refractivity contribution in [2.45, 2.75) is 18.4 Å². The van der Waals surface area contributed by atoms with Gasteiger partial charge in [0.1, 0.15) is 12.6 Å². The van der Waals surface area contributed by atoms with Gasteiger partial charge in [-0.15, -0.1) is 5.06 Å². The lowest BCUT2D eigenvalue weighted by atomic mass is 10.2. The Bertz CT molecular complexity index is 277. The van der Waals surface area contributed by atoms with Crippen LogP contribution in [0.25, 0.3) is 0 Å². The van der Waals surface area contributed by atoms with E-state index in [1.807, 2.05) is 0 Å². The Hall–Kier alpha value is -1.26. The average molecular weight is 205 g/mol. The van der Waals surface area contributed by atoms with E-state index in [4.69, 9.17) is 11.0 Å². The summed E-state index contributed by atoms with van der Waals surface area (Å²) in [5.74, 6) is -3.82. The summed E-state index contributed by atoms with van der Waals surface area (Å²) in [6.45, 7) is -1.16. The molecule has 0 bridgehead atoms. The number of hydroxylamine groups is 2. The van der Waals surface area contributed by atoms with Crippen molar-refractivity contribution in [2.75, 3.05) is 13.1 Å². The van der Waals surface area contributed by atoms with Crippen molar-refractivity contribution < 1.29 is 18.4 Å². The fraction of sp³-hybridized carbons (Fsp3) is 0.714. The van der Waals surface area contributed by atoms with Crippen LogP contribution in [0.4, 0.5) is 8.78 Å². The van der Waals surface area contributed by atoms with Gasteiger partial charge in [-0.3, -0.25) is 0 Å². The lowest BCUT2D eigenvalue weighted by Crippen LogP contribution is -2.34. The summed E-state index contributed by atoms with van der Waals surface area (Å²) in [5.41, 5.74) is 4.93. The fourth-order valence-corrected chi connectivity index (χ4v) is 1.16. The Morgan fingerprint density at radius 2 is 2.43 bits per heavy atom. The minimum atomic E-state index is -2.99. The lowest BCUT2D eigenvalue weighted by Gasteiger charge is -2.16. The predicted molar refractivity (Wildman–Crippen MR) is 40.8 cm³/mol. The van der Waals surface area contributed by atoms with Gasteiger partial charge in [0.15, 0.2) is 0 Å². The molecule has 78 valence electrons. The summed E-state index contributed by atoms with van der Waals surface area (Å²) >= 11 is 0. The van der Waals surface area contributed by atoms with Gasteiger partial charge in [0.25, 0.3) is 5.92 Å². The highest BCUT2D eigenvalue weighted by atomic mass is 19.3. The molecule has 1 aliphatic rings. The number of carbonyl (C=O) groups excluding carboxylic acids is 1. The number of rotatable bonds is 2. The second kappa shape index (κ2) is 3.86. The maximum absolute atomic E-state index is 12.8. The standard InChI is InChI=1S/C7H9F2N3O2/c8-7(9)1-5(2-10)12(4-7)14-6(13)3-11/h5H,1,3-4,11H2. The highest BCUT2D eigenvalue weighted by Crippen LogP contribution is 2.31. The van der Waals surface area contributed by atoms with E-state index in [1.165, 1.54) is 0 Å². The first-order valence-corrected chi connectivity index (χ1v) is 3.93. The summed E-state index contributed by atoms with van der Waals surface area (Å²) in [6.07, 6.45) is -0.624. The SMILES string of the molecule is N#CC1CC(F)(F)CN1OC(=O)CN. The summed E-state index contributed by atoms with van der Waals surface area (Å²) < 4.78 is 25.5. The van der Waals surface area contributed by atoms with Gasteiger partial charge in [-0.25, -0.2) is 13.6 Å². The maximum atomic E-state index is 12.8. The van der Waals surface area contributed by atoms with Crippen LogP contribution in [-0.2, 0) is 9.63 Å². The number of hydrogen-bond donors (Lipinski definition) is 1. The van der Waals surface area contributed by atoms with Crippen LogP contribution in [-0.4, -0.2) is 36.1 Å². The van der Waals surface area contributed by atoms with E-state index in [-0.39, 0.29) is 0 Å². The Balaban J connectivity index is 2.61. The summed E-state index contributed by atoms with van der Waals surface area (Å²) in [7, 11) is 0. The van der Waals surface area contributed by atoms with Crippen LogP contribution >= 0.6 is 0 Å². The molecule has 0 saturated carbocycles. The van der Waals surface area contributed by atoms with Gasteiger partial charge >= 0.3 is 5.97 Å². The topological polar surface area (TPSA) is 79.4 Å². The maximum Gasteiger partial charge on any atom is 0.338 e. The molecule has 14 heavy (non-hydrogen) atoms. The number of nitrogens with zero attached hydrogens (tertiary/aromatic N) is 2.